The van der Waals surface area contributed by atoms with Crippen molar-refractivity contribution in [3.63, 3.8) is 0 Å². The van der Waals surface area contributed by atoms with Crippen molar-refractivity contribution in [2.45, 2.75) is 24.7 Å². The molecule has 4 nitrogen and oxygen atoms in total. The molecule has 0 aliphatic heterocycles. The number of halogens is 1. The van der Waals surface area contributed by atoms with Crippen LogP contribution in [-0.2, 0) is 11.3 Å². The number of phenolic OH excluding ortho intramolecular Hbond substituents is 1. The standard InChI is InChI=1S/C13H18BrNO3/c1-13(2,14)12(17)15(3)8-9-6-5-7-10(18-4)11(9)16/h5-7,16H,8H2,1-4H3. The zero-order chi connectivity index (χ0) is 13.9. The second kappa shape index (κ2) is 5.61. The minimum Gasteiger partial charge on any atom is -0.504 e. The molecule has 1 rings (SSSR count). The van der Waals surface area contributed by atoms with Gasteiger partial charge in [-0.2, -0.15) is 0 Å². The van der Waals surface area contributed by atoms with E-state index in [2.05, 4.69) is 15.9 Å². The topological polar surface area (TPSA) is 49.8 Å². The number of carbonyl (C=O) groups excluding carboxylic acids is 1. The lowest BCUT2D eigenvalue weighted by atomic mass is 10.1. The van der Waals surface area contributed by atoms with E-state index in [-0.39, 0.29) is 11.7 Å². The Balaban J connectivity index is 2.89. The Morgan fingerprint density at radius 3 is 2.61 bits per heavy atom. The maximum absolute atomic E-state index is 12.0. The van der Waals surface area contributed by atoms with Crippen LogP contribution in [-0.4, -0.2) is 34.4 Å². The van der Waals surface area contributed by atoms with Crippen molar-refractivity contribution in [2.75, 3.05) is 14.2 Å². The highest BCUT2D eigenvalue weighted by Crippen LogP contribution is 2.30. The molecular weight excluding hydrogens is 298 g/mol. The molecule has 1 amide bonds. The average Bonchev–Trinajstić information content (AvgIpc) is 2.29. The van der Waals surface area contributed by atoms with E-state index in [1.807, 2.05) is 0 Å². The van der Waals surface area contributed by atoms with E-state index < -0.39 is 4.32 Å². The molecule has 1 aromatic rings. The van der Waals surface area contributed by atoms with E-state index >= 15 is 0 Å². The summed E-state index contributed by atoms with van der Waals surface area (Å²) in [6, 6.07) is 5.23. The predicted octanol–water partition coefficient (Wildman–Crippen LogP) is 2.53. The van der Waals surface area contributed by atoms with Crippen molar-refractivity contribution in [2.24, 2.45) is 0 Å². The third-order valence-corrected chi connectivity index (χ3v) is 2.90. The molecule has 0 unspecified atom stereocenters. The van der Waals surface area contributed by atoms with Crippen molar-refractivity contribution in [1.29, 1.82) is 0 Å². The van der Waals surface area contributed by atoms with Gasteiger partial charge < -0.3 is 14.7 Å². The summed E-state index contributed by atoms with van der Waals surface area (Å²) in [4.78, 5) is 13.6. The van der Waals surface area contributed by atoms with Gasteiger partial charge in [0.05, 0.1) is 11.4 Å². The minimum absolute atomic E-state index is 0.0512. The van der Waals surface area contributed by atoms with Crippen LogP contribution in [0, 0.1) is 0 Å². The van der Waals surface area contributed by atoms with Crippen LogP contribution in [0.3, 0.4) is 0 Å². The van der Waals surface area contributed by atoms with Gasteiger partial charge in [-0.25, -0.2) is 0 Å². The first-order valence-electron chi connectivity index (χ1n) is 5.56. The molecule has 0 radical (unpaired) electrons. The highest BCUT2D eigenvalue weighted by Gasteiger charge is 2.27. The minimum atomic E-state index is -0.615. The molecule has 0 aromatic heterocycles. The van der Waals surface area contributed by atoms with E-state index in [4.69, 9.17) is 4.74 Å². The molecule has 0 bridgehead atoms. The number of benzene rings is 1. The first-order chi connectivity index (χ1) is 8.27. The lowest BCUT2D eigenvalue weighted by Crippen LogP contribution is -2.38. The van der Waals surface area contributed by atoms with Gasteiger partial charge in [0.1, 0.15) is 0 Å². The zero-order valence-electron chi connectivity index (χ0n) is 11.0. The molecule has 0 spiro atoms. The summed E-state index contributed by atoms with van der Waals surface area (Å²) in [7, 11) is 3.19. The van der Waals surface area contributed by atoms with E-state index in [9.17, 15) is 9.90 Å². The van der Waals surface area contributed by atoms with Gasteiger partial charge >= 0.3 is 0 Å². The van der Waals surface area contributed by atoms with Gasteiger partial charge in [0, 0.05) is 19.2 Å². The summed E-state index contributed by atoms with van der Waals surface area (Å²) in [5.74, 6) is 0.434. The number of aromatic hydroxyl groups is 1. The zero-order valence-corrected chi connectivity index (χ0v) is 12.6. The molecule has 0 fully saturated rings. The largest absolute Gasteiger partial charge is 0.504 e. The lowest BCUT2D eigenvalue weighted by molar-refractivity contribution is -0.131. The number of methoxy groups -OCH3 is 1. The number of ether oxygens (including phenoxy) is 1. The molecule has 18 heavy (non-hydrogen) atoms. The molecule has 1 aromatic carbocycles. The number of rotatable bonds is 4. The molecule has 0 atom stereocenters. The van der Waals surface area contributed by atoms with Gasteiger partial charge in [0.25, 0.3) is 0 Å². The Morgan fingerprint density at radius 2 is 2.11 bits per heavy atom. The summed E-state index contributed by atoms with van der Waals surface area (Å²) in [6.45, 7) is 3.91. The molecule has 0 heterocycles. The number of amides is 1. The van der Waals surface area contributed by atoms with Crippen LogP contribution in [0.2, 0.25) is 0 Å². The highest BCUT2D eigenvalue weighted by molar-refractivity contribution is 9.10. The van der Waals surface area contributed by atoms with E-state index in [1.54, 1.807) is 44.0 Å². The van der Waals surface area contributed by atoms with E-state index in [1.165, 1.54) is 7.11 Å². The molecule has 0 saturated carbocycles. The molecule has 0 saturated heterocycles. The first kappa shape index (κ1) is 14.8. The summed E-state index contributed by atoms with van der Waals surface area (Å²) in [5, 5.41) is 9.95. The fourth-order valence-electron chi connectivity index (χ4n) is 1.64. The van der Waals surface area contributed by atoms with Crippen molar-refractivity contribution >= 4 is 21.8 Å². The SMILES string of the molecule is COc1cccc(CN(C)C(=O)C(C)(C)Br)c1O. The van der Waals surface area contributed by atoms with Gasteiger partial charge in [-0.3, -0.25) is 4.79 Å². The van der Waals surface area contributed by atoms with Gasteiger partial charge in [-0.05, 0) is 19.9 Å². The molecular formula is C13H18BrNO3. The van der Waals surface area contributed by atoms with Gasteiger partial charge in [0.2, 0.25) is 5.91 Å². The Labute approximate surface area is 116 Å². The molecule has 0 aliphatic rings. The van der Waals surface area contributed by atoms with Crippen molar-refractivity contribution in [3.8, 4) is 11.5 Å². The third-order valence-electron chi connectivity index (χ3n) is 2.57. The van der Waals surface area contributed by atoms with Gasteiger partial charge in [-0.15, -0.1) is 0 Å². The number of para-hydroxylation sites is 1. The van der Waals surface area contributed by atoms with Crippen LogP contribution in [0.5, 0.6) is 11.5 Å². The summed E-state index contributed by atoms with van der Waals surface area (Å²) >= 11 is 3.33. The number of alkyl halides is 1. The number of carbonyl (C=O) groups is 1. The third kappa shape index (κ3) is 3.38. The van der Waals surface area contributed by atoms with Crippen LogP contribution in [0.4, 0.5) is 0 Å². The number of hydrogen-bond acceptors (Lipinski definition) is 3. The highest BCUT2D eigenvalue weighted by atomic mass is 79.9. The fourth-order valence-corrected chi connectivity index (χ4v) is 1.94. The second-order valence-electron chi connectivity index (χ2n) is 4.60. The van der Waals surface area contributed by atoms with Crippen LogP contribution >= 0.6 is 15.9 Å². The molecule has 1 N–H and O–H groups in total. The summed E-state index contributed by atoms with van der Waals surface area (Å²) in [6.07, 6.45) is 0. The quantitative estimate of drug-likeness (QED) is 0.869. The average molecular weight is 316 g/mol. The maximum Gasteiger partial charge on any atom is 0.238 e. The van der Waals surface area contributed by atoms with E-state index in [0.717, 1.165) is 0 Å². The van der Waals surface area contributed by atoms with Gasteiger partial charge in [0.15, 0.2) is 11.5 Å². The van der Waals surface area contributed by atoms with Crippen LogP contribution < -0.4 is 4.74 Å². The predicted molar refractivity (Wildman–Crippen MR) is 74.1 cm³/mol. The summed E-state index contributed by atoms with van der Waals surface area (Å²) in [5.41, 5.74) is 0.655. The van der Waals surface area contributed by atoms with Crippen LogP contribution in [0.1, 0.15) is 19.4 Å². The van der Waals surface area contributed by atoms with Crippen molar-refractivity contribution in [1.82, 2.24) is 4.90 Å². The Kier molecular flexibility index (Phi) is 4.62. The second-order valence-corrected chi connectivity index (χ2v) is 6.58. The smallest absolute Gasteiger partial charge is 0.238 e. The number of hydrogen-bond donors (Lipinski definition) is 1. The van der Waals surface area contributed by atoms with Crippen LogP contribution in [0.15, 0.2) is 18.2 Å². The van der Waals surface area contributed by atoms with Crippen molar-refractivity contribution < 1.29 is 14.6 Å². The Morgan fingerprint density at radius 1 is 1.50 bits per heavy atom. The van der Waals surface area contributed by atoms with Crippen molar-refractivity contribution in [3.05, 3.63) is 23.8 Å². The molecule has 100 valence electrons. The monoisotopic (exact) mass is 315 g/mol. The number of phenols is 1. The fraction of sp³-hybridized carbons (Fsp3) is 0.462. The molecule has 0 aliphatic carbocycles. The van der Waals surface area contributed by atoms with E-state index in [0.29, 0.717) is 17.9 Å². The summed E-state index contributed by atoms with van der Waals surface area (Å²) < 4.78 is 4.42. The lowest BCUT2D eigenvalue weighted by Gasteiger charge is -2.25. The Hall–Kier alpha value is -1.23. The number of nitrogens with zero attached hydrogens (tertiary/aromatic N) is 1. The molecule has 5 heteroatoms. The van der Waals surface area contributed by atoms with Gasteiger partial charge in [-0.1, -0.05) is 28.1 Å². The van der Waals surface area contributed by atoms with Crippen LogP contribution in [0.25, 0.3) is 0 Å². The Bertz CT molecular complexity index is 440. The maximum atomic E-state index is 12.0. The first-order valence-corrected chi connectivity index (χ1v) is 6.36. The normalized spacial score (nSPS) is 11.2.